The number of benzene rings is 1. The molecule has 0 aliphatic carbocycles. The lowest BCUT2D eigenvalue weighted by Gasteiger charge is -2.18. The van der Waals surface area contributed by atoms with E-state index < -0.39 is 11.3 Å². The number of carbonyl (C=O) groups excluding carboxylic acids is 2. The maximum atomic E-state index is 11.9. The van der Waals surface area contributed by atoms with Crippen molar-refractivity contribution >= 4 is 23.5 Å². The van der Waals surface area contributed by atoms with Gasteiger partial charge in [0.25, 0.3) is 5.91 Å². The van der Waals surface area contributed by atoms with E-state index in [4.69, 9.17) is 21.1 Å². The molecule has 0 spiro atoms. The van der Waals surface area contributed by atoms with Gasteiger partial charge in [-0.05, 0) is 18.2 Å². The summed E-state index contributed by atoms with van der Waals surface area (Å²) < 4.78 is 15.2. The van der Waals surface area contributed by atoms with Crippen LogP contribution in [-0.4, -0.2) is 44.1 Å². The van der Waals surface area contributed by atoms with Gasteiger partial charge in [-0.3, -0.25) is 9.59 Å². The van der Waals surface area contributed by atoms with Crippen LogP contribution in [0.2, 0.25) is 0 Å². The fourth-order valence-corrected chi connectivity index (χ4v) is 1.85. The first kappa shape index (κ1) is 14.5. The molecule has 1 unspecified atom stereocenters. The Kier molecular flexibility index (Phi) is 4.68. The number of ether oxygens (including phenoxy) is 3. The highest BCUT2D eigenvalue weighted by Gasteiger charge is 2.18. The Morgan fingerprint density at radius 2 is 2.05 bits per heavy atom. The van der Waals surface area contributed by atoms with Gasteiger partial charge in [0.05, 0.1) is 7.11 Å². The van der Waals surface area contributed by atoms with E-state index in [2.05, 4.69) is 10.1 Å². The molecular formula is C13H14ClNO5. The van der Waals surface area contributed by atoms with Gasteiger partial charge in [0.15, 0.2) is 11.5 Å². The molecule has 1 atom stereocenters. The predicted octanol–water partition coefficient (Wildman–Crippen LogP) is 0.968. The van der Waals surface area contributed by atoms with Crippen molar-refractivity contribution in [3.8, 4) is 11.5 Å². The molecule has 0 aromatic heterocycles. The number of carbonyl (C=O) groups is 2. The van der Waals surface area contributed by atoms with E-state index in [0.717, 1.165) is 0 Å². The second-order valence-corrected chi connectivity index (χ2v) is 4.59. The molecule has 6 nitrogen and oxygen atoms in total. The van der Waals surface area contributed by atoms with Gasteiger partial charge in [0.1, 0.15) is 18.6 Å². The van der Waals surface area contributed by atoms with E-state index in [1.165, 1.54) is 7.11 Å². The van der Waals surface area contributed by atoms with Crippen molar-refractivity contribution in [2.75, 3.05) is 26.9 Å². The molecule has 0 saturated heterocycles. The van der Waals surface area contributed by atoms with Crippen molar-refractivity contribution in [2.45, 2.75) is 5.38 Å². The first-order valence-electron chi connectivity index (χ1n) is 6.01. The van der Waals surface area contributed by atoms with Crippen LogP contribution in [0.25, 0.3) is 0 Å². The molecule has 1 N–H and O–H groups in total. The first-order chi connectivity index (χ1) is 9.61. The van der Waals surface area contributed by atoms with Crippen LogP contribution < -0.4 is 14.8 Å². The van der Waals surface area contributed by atoms with E-state index in [0.29, 0.717) is 30.3 Å². The number of hydrogen-bond acceptors (Lipinski definition) is 5. The Hall–Kier alpha value is -1.95. The molecule has 1 aliphatic rings. The molecule has 1 heterocycles. The van der Waals surface area contributed by atoms with E-state index >= 15 is 0 Å². The summed E-state index contributed by atoms with van der Waals surface area (Å²) in [4.78, 5) is 23.0. The summed E-state index contributed by atoms with van der Waals surface area (Å²) in [7, 11) is 1.24. The molecule has 0 saturated carbocycles. The molecule has 1 aromatic rings. The number of methoxy groups -OCH3 is 1. The normalized spacial score (nSPS) is 14.3. The average molecular weight is 300 g/mol. The lowest BCUT2D eigenvalue weighted by atomic mass is 10.2. The number of esters is 1. The van der Waals surface area contributed by atoms with E-state index in [9.17, 15) is 9.59 Å². The molecule has 7 heteroatoms. The van der Waals surface area contributed by atoms with Gasteiger partial charge < -0.3 is 19.5 Å². The number of fused-ring (bicyclic) bond motifs is 1. The summed E-state index contributed by atoms with van der Waals surface area (Å²) >= 11 is 5.74. The lowest BCUT2D eigenvalue weighted by molar-refractivity contribution is -0.140. The summed E-state index contributed by atoms with van der Waals surface area (Å²) in [5, 5.41) is 1.64. The van der Waals surface area contributed by atoms with Crippen molar-refractivity contribution in [3.05, 3.63) is 23.8 Å². The van der Waals surface area contributed by atoms with Crippen LogP contribution in [0.3, 0.4) is 0 Å². The third-order valence-electron chi connectivity index (χ3n) is 2.70. The van der Waals surface area contributed by atoms with Gasteiger partial charge >= 0.3 is 5.97 Å². The Bertz CT molecular complexity index is 519. The standard InChI is InChI=1S/C13H14ClNO5/c1-18-13(17)9(14)7-15-12(16)8-2-3-10-11(6-8)20-5-4-19-10/h2-3,6,9H,4-5,7H2,1H3,(H,15,16). The zero-order valence-electron chi connectivity index (χ0n) is 10.8. The van der Waals surface area contributed by atoms with Crippen molar-refractivity contribution in [3.63, 3.8) is 0 Å². The quantitative estimate of drug-likeness (QED) is 0.662. The summed E-state index contributed by atoms with van der Waals surface area (Å²) in [6.07, 6.45) is 0. The van der Waals surface area contributed by atoms with Gasteiger partial charge in [0, 0.05) is 12.1 Å². The number of hydrogen-bond donors (Lipinski definition) is 1. The van der Waals surface area contributed by atoms with Gasteiger partial charge in [-0.15, -0.1) is 11.6 Å². The number of amides is 1. The largest absolute Gasteiger partial charge is 0.486 e. The molecule has 2 rings (SSSR count). The molecule has 0 fully saturated rings. The molecule has 1 amide bonds. The van der Waals surface area contributed by atoms with Crippen molar-refractivity contribution < 1.29 is 23.8 Å². The highest BCUT2D eigenvalue weighted by atomic mass is 35.5. The molecule has 0 bridgehead atoms. The highest BCUT2D eigenvalue weighted by molar-refractivity contribution is 6.30. The van der Waals surface area contributed by atoms with Crippen LogP contribution in [-0.2, 0) is 9.53 Å². The summed E-state index contributed by atoms with van der Waals surface area (Å²) in [6.45, 7) is 0.928. The smallest absolute Gasteiger partial charge is 0.325 e. The minimum atomic E-state index is -0.916. The monoisotopic (exact) mass is 299 g/mol. The van der Waals surface area contributed by atoms with Gasteiger partial charge in [-0.2, -0.15) is 0 Å². The maximum Gasteiger partial charge on any atom is 0.325 e. The fourth-order valence-electron chi connectivity index (χ4n) is 1.68. The second-order valence-electron chi connectivity index (χ2n) is 4.06. The zero-order chi connectivity index (χ0) is 14.5. The van der Waals surface area contributed by atoms with E-state index in [1.807, 2.05) is 0 Å². The third kappa shape index (κ3) is 3.33. The predicted molar refractivity (Wildman–Crippen MR) is 71.4 cm³/mol. The molecular weight excluding hydrogens is 286 g/mol. The van der Waals surface area contributed by atoms with Crippen LogP contribution in [0.5, 0.6) is 11.5 Å². The molecule has 108 valence electrons. The van der Waals surface area contributed by atoms with Gasteiger partial charge in [0.2, 0.25) is 0 Å². The summed E-state index contributed by atoms with van der Waals surface area (Å²) in [5.41, 5.74) is 0.406. The van der Waals surface area contributed by atoms with E-state index in [-0.39, 0.29) is 12.5 Å². The Morgan fingerprint density at radius 1 is 1.35 bits per heavy atom. The number of rotatable bonds is 4. The van der Waals surface area contributed by atoms with Crippen molar-refractivity contribution in [1.82, 2.24) is 5.32 Å². The second kappa shape index (κ2) is 6.47. The number of nitrogens with one attached hydrogen (secondary N) is 1. The highest BCUT2D eigenvalue weighted by Crippen LogP contribution is 2.30. The topological polar surface area (TPSA) is 73.9 Å². The fraction of sp³-hybridized carbons (Fsp3) is 0.385. The zero-order valence-corrected chi connectivity index (χ0v) is 11.6. The van der Waals surface area contributed by atoms with Crippen LogP contribution in [0.15, 0.2) is 18.2 Å². The molecule has 20 heavy (non-hydrogen) atoms. The Morgan fingerprint density at radius 3 is 2.75 bits per heavy atom. The Balaban J connectivity index is 1.97. The minimum absolute atomic E-state index is 0.0124. The van der Waals surface area contributed by atoms with E-state index in [1.54, 1.807) is 18.2 Å². The van der Waals surface area contributed by atoms with Crippen LogP contribution >= 0.6 is 11.6 Å². The van der Waals surface area contributed by atoms with Crippen molar-refractivity contribution in [2.24, 2.45) is 0 Å². The van der Waals surface area contributed by atoms with Gasteiger partial charge in [-0.1, -0.05) is 0 Å². The first-order valence-corrected chi connectivity index (χ1v) is 6.45. The maximum absolute atomic E-state index is 11.9. The third-order valence-corrected chi connectivity index (χ3v) is 3.04. The summed E-state index contributed by atoms with van der Waals surface area (Å²) in [6, 6.07) is 4.87. The lowest BCUT2D eigenvalue weighted by Crippen LogP contribution is -2.34. The number of alkyl halides is 1. The number of halogens is 1. The van der Waals surface area contributed by atoms with Crippen LogP contribution in [0.4, 0.5) is 0 Å². The Labute approximate surface area is 120 Å². The van der Waals surface area contributed by atoms with Crippen LogP contribution in [0.1, 0.15) is 10.4 Å². The molecule has 1 aromatic carbocycles. The molecule has 1 aliphatic heterocycles. The van der Waals surface area contributed by atoms with Gasteiger partial charge in [-0.25, -0.2) is 0 Å². The van der Waals surface area contributed by atoms with Crippen molar-refractivity contribution in [1.29, 1.82) is 0 Å². The summed E-state index contributed by atoms with van der Waals surface area (Å²) in [5.74, 6) is 0.197. The van der Waals surface area contributed by atoms with Crippen LogP contribution in [0, 0.1) is 0 Å². The average Bonchev–Trinajstić information content (AvgIpc) is 2.50. The molecule has 0 radical (unpaired) electrons. The minimum Gasteiger partial charge on any atom is -0.486 e. The SMILES string of the molecule is COC(=O)C(Cl)CNC(=O)c1ccc2c(c1)OCCO2.